The molecule has 10 heteroatoms. The van der Waals surface area contributed by atoms with Crippen LogP contribution in [0.3, 0.4) is 0 Å². The van der Waals surface area contributed by atoms with E-state index in [9.17, 15) is 17.6 Å². The number of halogens is 1. The van der Waals surface area contributed by atoms with E-state index in [-0.39, 0.29) is 27.8 Å². The number of carbonyl (C=O) groups is 1. The lowest BCUT2D eigenvalue weighted by atomic mass is 9.97. The Labute approximate surface area is 198 Å². The van der Waals surface area contributed by atoms with Crippen LogP contribution in [0.15, 0.2) is 59.6 Å². The summed E-state index contributed by atoms with van der Waals surface area (Å²) in [6.45, 7) is 6.87. The maximum absolute atomic E-state index is 13.4. The minimum Gasteiger partial charge on any atom is -0.384 e. The normalized spacial score (nSPS) is 17.5. The average Bonchev–Trinajstić information content (AvgIpc) is 3.05. The van der Waals surface area contributed by atoms with Gasteiger partial charge in [0.2, 0.25) is 0 Å². The van der Waals surface area contributed by atoms with Gasteiger partial charge in [-0.2, -0.15) is 8.42 Å². The van der Waals surface area contributed by atoms with Gasteiger partial charge in [-0.05, 0) is 74.7 Å². The van der Waals surface area contributed by atoms with E-state index in [0.717, 1.165) is 6.42 Å². The van der Waals surface area contributed by atoms with E-state index in [1.807, 2.05) is 4.90 Å². The summed E-state index contributed by atoms with van der Waals surface area (Å²) in [5.74, 6) is -0.455. The molecule has 2 aromatic heterocycles. The van der Waals surface area contributed by atoms with Crippen LogP contribution >= 0.6 is 0 Å². The highest BCUT2D eigenvalue weighted by molar-refractivity contribution is 7.90. The number of anilines is 2. The quantitative estimate of drug-likeness (QED) is 0.569. The molecule has 0 radical (unpaired) electrons. The standard InChI is InChI=1S/C24H26FN5O3S/c1-15-13-24(2,3)30(14-15)22-18(11-12-19(27-22)16-7-9-17(25)10-8-16)23(31)29-34(32,33)21-6-4-5-20(26)28-21/h4-12,15H,13-14H2,1-3H3,(H2,26,28)(H,29,31). The first-order valence-electron chi connectivity index (χ1n) is 10.8. The molecule has 1 amide bonds. The number of sulfonamides is 1. The van der Waals surface area contributed by atoms with E-state index in [4.69, 9.17) is 10.7 Å². The molecule has 3 N–H and O–H groups in total. The fourth-order valence-corrected chi connectivity index (χ4v) is 5.32. The van der Waals surface area contributed by atoms with Gasteiger partial charge < -0.3 is 10.6 Å². The molecule has 1 aliphatic rings. The van der Waals surface area contributed by atoms with Crippen molar-refractivity contribution in [3.05, 3.63) is 66.0 Å². The molecule has 8 nitrogen and oxygen atoms in total. The van der Waals surface area contributed by atoms with Crippen molar-refractivity contribution in [2.45, 2.75) is 37.8 Å². The van der Waals surface area contributed by atoms with Crippen molar-refractivity contribution in [3.8, 4) is 11.3 Å². The summed E-state index contributed by atoms with van der Waals surface area (Å²) >= 11 is 0. The summed E-state index contributed by atoms with van der Waals surface area (Å²) in [5, 5.41) is -0.353. The molecule has 1 aliphatic heterocycles. The molecule has 1 fully saturated rings. The van der Waals surface area contributed by atoms with Crippen LogP contribution in [-0.4, -0.2) is 36.4 Å². The monoisotopic (exact) mass is 483 g/mol. The van der Waals surface area contributed by atoms with E-state index in [2.05, 4.69) is 30.5 Å². The van der Waals surface area contributed by atoms with Crippen molar-refractivity contribution in [1.82, 2.24) is 14.7 Å². The van der Waals surface area contributed by atoms with Crippen LogP contribution in [0.5, 0.6) is 0 Å². The van der Waals surface area contributed by atoms with Gasteiger partial charge in [-0.15, -0.1) is 0 Å². The number of hydrogen-bond acceptors (Lipinski definition) is 7. The molecule has 4 rings (SSSR count). The Morgan fingerprint density at radius 1 is 1.12 bits per heavy atom. The van der Waals surface area contributed by atoms with Crippen molar-refractivity contribution >= 4 is 27.6 Å². The van der Waals surface area contributed by atoms with Crippen molar-refractivity contribution in [2.75, 3.05) is 17.2 Å². The molecular weight excluding hydrogens is 457 g/mol. The molecule has 34 heavy (non-hydrogen) atoms. The maximum Gasteiger partial charge on any atom is 0.281 e. The number of aromatic nitrogens is 2. The van der Waals surface area contributed by atoms with E-state index in [1.165, 1.54) is 36.4 Å². The van der Waals surface area contributed by atoms with Crippen LogP contribution in [0.2, 0.25) is 0 Å². The Morgan fingerprint density at radius 3 is 2.44 bits per heavy atom. The average molecular weight is 484 g/mol. The number of amides is 1. The minimum atomic E-state index is -4.26. The fourth-order valence-electron chi connectivity index (χ4n) is 4.38. The number of benzene rings is 1. The topological polar surface area (TPSA) is 118 Å². The van der Waals surface area contributed by atoms with E-state index >= 15 is 0 Å². The first-order chi connectivity index (χ1) is 16.0. The number of nitrogen functional groups attached to an aromatic ring is 1. The zero-order valence-corrected chi connectivity index (χ0v) is 19.9. The summed E-state index contributed by atoms with van der Waals surface area (Å²) in [5.41, 5.74) is 6.62. The molecule has 3 heterocycles. The number of nitrogens with zero attached hydrogens (tertiary/aromatic N) is 3. The molecule has 0 spiro atoms. The van der Waals surface area contributed by atoms with Crippen LogP contribution in [-0.2, 0) is 10.0 Å². The molecule has 178 valence electrons. The molecule has 3 aromatic rings. The number of rotatable bonds is 5. The summed E-state index contributed by atoms with van der Waals surface area (Å²) in [6, 6.07) is 13.2. The third kappa shape index (κ3) is 4.72. The lowest BCUT2D eigenvalue weighted by Gasteiger charge is -2.34. The minimum absolute atomic E-state index is 0.0223. The Balaban J connectivity index is 1.76. The van der Waals surface area contributed by atoms with Crippen LogP contribution in [0.25, 0.3) is 11.3 Å². The maximum atomic E-state index is 13.4. The Hall–Kier alpha value is -3.53. The van der Waals surface area contributed by atoms with Gasteiger partial charge >= 0.3 is 0 Å². The fraction of sp³-hybridized carbons (Fsp3) is 0.292. The van der Waals surface area contributed by atoms with Crippen molar-refractivity contribution in [3.63, 3.8) is 0 Å². The first-order valence-corrected chi connectivity index (χ1v) is 12.3. The smallest absolute Gasteiger partial charge is 0.281 e. The van der Waals surface area contributed by atoms with Gasteiger partial charge in [0.25, 0.3) is 15.9 Å². The Kier molecular flexibility index (Phi) is 6.03. The van der Waals surface area contributed by atoms with Gasteiger partial charge in [0, 0.05) is 17.6 Å². The van der Waals surface area contributed by atoms with E-state index in [0.29, 0.717) is 29.5 Å². The number of pyridine rings is 2. The lowest BCUT2D eigenvalue weighted by molar-refractivity contribution is 0.0981. The summed E-state index contributed by atoms with van der Waals surface area (Å²) in [7, 11) is -4.26. The van der Waals surface area contributed by atoms with Crippen LogP contribution in [0.1, 0.15) is 37.6 Å². The second kappa shape index (κ2) is 8.68. The van der Waals surface area contributed by atoms with Crippen LogP contribution < -0.4 is 15.4 Å². The molecule has 0 bridgehead atoms. The predicted molar refractivity (Wildman–Crippen MR) is 128 cm³/mol. The summed E-state index contributed by atoms with van der Waals surface area (Å²) in [4.78, 5) is 23.8. The molecule has 0 aliphatic carbocycles. The van der Waals surface area contributed by atoms with Crippen LogP contribution in [0, 0.1) is 11.7 Å². The number of nitrogens with two attached hydrogens (primary N) is 1. The van der Waals surface area contributed by atoms with Gasteiger partial charge in [0.05, 0.1) is 11.3 Å². The Bertz CT molecular complexity index is 1340. The van der Waals surface area contributed by atoms with Gasteiger partial charge in [-0.1, -0.05) is 13.0 Å². The van der Waals surface area contributed by atoms with Crippen LogP contribution in [0.4, 0.5) is 16.0 Å². The van der Waals surface area contributed by atoms with Gasteiger partial charge in [-0.25, -0.2) is 19.1 Å². The highest BCUT2D eigenvalue weighted by atomic mass is 32.2. The van der Waals surface area contributed by atoms with Gasteiger partial charge in [0.15, 0.2) is 5.03 Å². The van der Waals surface area contributed by atoms with E-state index in [1.54, 1.807) is 18.2 Å². The van der Waals surface area contributed by atoms with Gasteiger partial charge in [0.1, 0.15) is 17.5 Å². The second-order valence-electron chi connectivity index (χ2n) is 9.14. The highest BCUT2D eigenvalue weighted by Gasteiger charge is 2.39. The van der Waals surface area contributed by atoms with Crippen molar-refractivity contribution < 1.29 is 17.6 Å². The largest absolute Gasteiger partial charge is 0.384 e. The van der Waals surface area contributed by atoms with Crippen molar-refractivity contribution in [1.29, 1.82) is 0 Å². The van der Waals surface area contributed by atoms with Crippen molar-refractivity contribution in [2.24, 2.45) is 5.92 Å². The second-order valence-corrected chi connectivity index (χ2v) is 10.8. The number of nitrogens with one attached hydrogen (secondary N) is 1. The number of hydrogen-bond donors (Lipinski definition) is 2. The molecule has 1 saturated heterocycles. The molecule has 1 aromatic carbocycles. The zero-order chi connectivity index (χ0) is 24.7. The number of carbonyl (C=O) groups excluding carboxylic acids is 1. The predicted octanol–water partition coefficient (Wildman–Crippen LogP) is 3.61. The lowest BCUT2D eigenvalue weighted by Crippen LogP contribution is -2.41. The molecule has 0 saturated carbocycles. The third-order valence-corrected chi connectivity index (χ3v) is 7.07. The molecule has 1 unspecified atom stereocenters. The summed E-state index contributed by atoms with van der Waals surface area (Å²) < 4.78 is 41.1. The zero-order valence-electron chi connectivity index (χ0n) is 19.1. The molecule has 1 atom stereocenters. The highest BCUT2D eigenvalue weighted by Crippen LogP contribution is 2.38. The summed E-state index contributed by atoms with van der Waals surface area (Å²) in [6.07, 6.45) is 0.877. The SMILES string of the molecule is CC1CN(c2nc(-c3ccc(F)cc3)ccc2C(=O)NS(=O)(=O)c2cccc(N)n2)C(C)(C)C1. The molecular formula is C24H26FN5O3S. The Morgan fingerprint density at radius 2 is 1.82 bits per heavy atom. The van der Waals surface area contributed by atoms with E-state index < -0.39 is 15.9 Å². The first kappa shape index (κ1) is 23.6. The van der Waals surface area contributed by atoms with Gasteiger partial charge in [-0.3, -0.25) is 4.79 Å². The third-order valence-electron chi connectivity index (χ3n) is 5.84.